The van der Waals surface area contributed by atoms with Gasteiger partial charge in [-0.2, -0.15) is 8.42 Å². The lowest BCUT2D eigenvalue weighted by atomic mass is 9.88. The van der Waals surface area contributed by atoms with Crippen LogP contribution in [0.1, 0.15) is 43.4 Å². The fourth-order valence-corrected chi connectivity index (χ4v) is 5.21. The highest BCUT2D eigenvalue weighted by Crippen LogP contribution is 2.32. The van der Waals surface area contributed by atoms with Gasteiger partial charge in [0.2, 0.25) is 5.91 Å². The second-order valence-electron chi connectivity index (χ2n) is 8.59. The van der Waals surface area contributed by atoms with Crippen LogP contribution in [0.5, 0.6) is 11.5 Å². The van der Waals surface area contributed by atoms with Gasteiger partial charge < -0.3 is 18.2 Å². The molecule has 0 unspecified atom stereocenters. The highest BCUT2D eigenvalue weighted by atomic mass is 32.2. The average molecular weight is 502 g/mol. The van der Waals surface area contributed by atoms with Crippen molar-refractivity contribution in [2.75, 3.05) is 7.11 Å². The Balaban J connectivity index is 1.59. The Hall–Kier alpha value is -3.33. The standard InChI is InChI=1S/C26H28FNO6S/c1-32-24-14-9-19(16-25(24)34-35(30,31)23-12-10-21(27)11-13-23)17-28(18-22-8-5-15-33-22)26(29)20-6-3-2-4-7-20/h5,8-16,20H,2-4,6-7,17-18H2,1H3. The van der Waals surface area contributed by atoms with E-state index < -0.39 is 15.9 Å². The maximum absolute atomic E-state index is 13.4. The van der Waals surface area contributed by atoms with Gasteiger partial charge in [0.1, 0.15) is 16.5 Å². The van der Waals surface area contributed by atoms with Crippen molar-refractivity contribution in [1.82, 2.24) is 4.90 Å². The lowest BCUT2D eigenvalue weighted by Gasteiger charge is -2.29. The van der Waals surface area contributed by atoms with Crippen LogP contribution in [-0.2, 0) is 28.0 Å². The number of halogens is 1. The summed E-state index contributed by atoms with van der Waals surface area (Å²) in [7, 11) is -2.82. The van der Waals surface area contributed by atoms with E-state index in [-0.39, 0.29) is 34.8 Å². The summed E-state index contributed by atoms with van der Waals surface area (Å²) in [5.74, 6) is 0.332. The van der Waals surface area contributed by atoms with Crippen LogP contribution in [-0.4, -0.2) is 26.3 Å². The zero-order chi connectivity index (χ0) is 24.8. The molecule has 1 heterocycles. The van der Waals surface area contributed by atoms with Crippen molar-refractivity contribution in [1.29, 1.82) is 0 Å². The lowest BCUT2D eigenvalue weighted by molar-refractivity contribution is -0.138. The number of hydrogen-bond acceptors (Lipinski definition) is 6. The molecule has 0 saturated heterocycles. The first-order chi connectivity index (χ1) is 16.9. The molecule has 0 radical (unpaired) electrons. The van der Waals surface area contributed by atoms with E-state index in [1.54, 1.807) is 35.4 Å². The van der Waals surface area contributed by atoms with E-state index in [9.17, 15) is 17.6 Å². The van der Waals surface area contributed by atoms with Crippen LogP contribution in [0.2, 0.25) is 0 Å². The van der Waals surface area contributed by atoms with Gasteiger partial charge in [-0.05, 0) is 66.9 Å². The summed E-state index contributed by atoms with van der Waals surface area (Å²) in [6.07, 6.45) is 6.50. The molecule has 186 valence electrons. The molecule has 1 aliphatic carbocycles. The Bertz CT molecular complexity index is 1240. The zero-order valence-corrected chi connectivity index (χ0v) is 20.3. The van der Waals surface area contributed by atoms with Crippen LogP contribution >= 0.6 is 0 Å². The molecule has 1 aromatic heterocycles. The first-order valence-electron chi connectivity index (χ1n) is 11.5. The topological polar surface area (TPSA) is 86.0 Å². The first-order valence-corrected chi connectivity index (χ1v) is 12.9. The first kappa shape index (κ1) is 24.8. The van der Waals surface area contributed by atoms with Crippen LogP contribution in [0.15, 0.2) is 70.2 Å². The number of rotatable bonds is 9. The van der Waals surface area contributed by atoms with Gasteiger partial charge >= 0.3 is 10.1 Å². The lowest BCUT2D eigenvalue weighted by Crippen LogP contribution is -2.36. The summed E-state index contributed by atoms with van der Waals surface area (Å²) in [6, 6.07) is 12.9. The SMILES string of the molecule is COc1ccc(CN(Cc2ccco2)C(=O)C2CCCCC2)cc1OS(=O)(=O)c1ccc(F)cc1. The molecule has 0 atom stereocenters. The van der Waals surface area contributed by atoms with E-state index >= 15 is 0 Å². The molecular weight excluding hydrogens is 473 g/mol. The van der Waals surface area contributed by atoms with Gasteiger partial charge in [0.15, 0.2) is 11.5 Å². The quantitative estimate of drug-likeness (QED) is 0.370. The number of amides is 1. The summed E-state index contributed by atoms with van der Waals surface area (Å²) < 4.78 is 54.9. The smallest absolute Gasteiger partial charge is 0.339 e. The van der Waals surface area contributed by atoms with E-state index in [2.05, 4.69) is 0 Å². The van der Waals surface area contributed by atoms with Crippen molar-refractivity contribution in [2.45, 2.75) is 50.1 Å². The second kappa shape index (κ2) is 10.9. The summed E-state index contributed by atoms with van der Waals surface area (Å²) in [4.78, 5) is 14.9. The van der Waals surface area contributed by atoms with E-state index in [1.807, 2.05) is 6.07 Å². The Morgan fingerprint density at radius 1 is 1.03 bits per heavy atom. The maximum atomic E-state index is 13.4. The number of methoxy groups -OCH3 is 1. The van der Waals surface area contributed by atoms with Crippen LogP contribution in [0.4, 0.5) is 4.39 Å². The van der Waals surface area contributed by atoms with Crippen molar-refractivity contribution in [3.8, 4) is 11.5 Å². The summed E-state index contributed by atoms with van der Waals surface area (Å²) in [5, 5.41) is 0. The second-order valence-corrected chi connectivity index (χ2v) is 10.1. The van der Waals surface area contributed by atoms with E-state index in [0.717, 1.165) is 56.4 Å². The fourth-order valence-electron chi connectivity index (χ4n) is 4.28. The number of carbonyl (C=O) groups is 1. The van der Waals surface area contributed by atoms with Crippen LogP contribution < -0.4 is 8.92 Å². The maximum Gasteiger partial charge on any atom is 0.339 e. The van der Waals surface area contributed by atoms with Gasteiger partial charge in [-0.1, -0.05) is 25.3 Å². The number of ether oxygens (including phenoxy) is 1. The Kier molecular flexibility index (Phi) is 7.75. The summed E-state index contributed by atoms with van der Waals surface area (Å²) >= 11 is 0. The molecule has 1 amide bonds. The molecule has 1 aliphatic rings. The van der Waals surface area contributed by atoms with Gasteiger partial charge in [0.25, 0.3) is 0 Å². The summed E-state index contributed by atoms with van der Waals surface area (Å²) in [6.45, 7) is 0.547. The van der Waals surface area contributed by atoms with Crippen molar-refractivity contribution in [2.24, 2.45) is 5.92 Å². The van der Waals surface area contributed by atoms with Gasteiger partial charge in [-0.25, -0.2) is 4.39 Å². The Morgan fingerprint density at radius 2 is 1.77 bits per heavy atom. The minimum Gasteiger partial charge on any atom is -0.493 e. The average Bonchev–Trinajstić information content (AvgIpc) is 3.37. The van der Waals surface area contributed by atoms with E-state index in [4.69, 9.17) is 13.3 Å². The minimum absolute atomic E-state index is 0.0163. The molecule has 7 nitrogen and oxygen atoms in total. The molecule has 0 spiro atoms. The molecule has 35 heavy (non-hydrogen) atoms. The van der Waals surface area contributed by atoms with Crippen molar-refractivity contribution >= 4 is 16.0 Å². The molecule has 9 heteroatoms. The molecule has 0 bridgehead atoms. The molecular formula is C26H28FNO6S. The highest BCUT2D eigenvalue weighted by Gasteiger charge is 2.27. The van der Waals surface area contributed by atoms with Gasteiger partial charge in [-0.3, -0.25) is 4.79 Å². The number of nitrogens with zero attached hydrogens (tertiary/aromatic N) is 1. The van der Waals surface area contributed by atoms with E-state index in [0.29, 0.717) is 17.9 Å². The highest BCUT2D eigenvalue weighted by molar-refractivity contribution is 7.87. The summed E-state index contributed by atoms with van der Waals surface area (Å²) in [5.41, 5.74) is 0.672. The van der Waals surface area contributed by atoms with Crippen LogP contribution in [0.25, 0.3) is 0 Å². The van der Waals surface area contributed by atoms with Crippen LogP contribution in [0.3, 0.4) is 0 Å². The van der Waals surface area contributed by atoms with Gasteiger partial charge in [0.05, 0.1) is 19.9 Å². The third-order valence-corrected chi connectivity index (χ3v) is 7.34. The number of furan rings is 1. The minimum atomic E-state index is -4.22. The predicted octanol–water partition coefficient (Wildman–Crippen LogP) is 5.30. The molecule has 2 aromatic carbocycles. The monoisotopic (exact) mass is 501 g/mol. The molecule has 4 rings (SSSR count). The fraction of sp³-hybridized carbons (Fsp3) is 0.346. The molecule has 1 fully saturated rings. The van der Waals surface area contributed by atoms with Crippen molar-refractivity contribution < 1.29 is 30.9 Å². The van der Waals surface area contributed by atoms with Crippen LogP contribution in [0, 0.1) is 11.7 Å². The number of carbonyl (C=O) groups excluding carboxylic acids is 1. The van der Waals surface area contributed by atoms with Crippen molar-refractivity contribution in [3.05, 3.63) is 78.0 Å². The normalized spacial score (nSPS) is 14.5. The largest absolute Gasteiger partial charge is 0.493 e. The number of hydrogen-bond donors (Lipinski definition) is 0. The Morgan fingerprint density at radius 3 is 2.43 bits per heavy atom. The molecule has 0 aliphatic heterocycles. The third-order valence-electron chi connectivity index (χ3n) is 6.10. The Labute approximate surface area is 204 Å². The predicted molar refractivity (Wildman–Crippen MR) is 127 cm³/mol. The van der Waals surface area contributed by atoms with Crippen molar-refractivity contribution in [3.63, 3.8) is 0 Å². The molecule has 0 N–H and O–H groups in total. The molecule has 1 saturated carbocycles. The van der Waals surface area contributed by atoms with Gasteiger partial charge in [0, 0.05) is 12.5 Å². The number of benzene rings is 2. The third kappa shape index (κ3) is 6.22. The van der Waals surface area contributed by atoms with E-state index in [1.165, 1.54) is 7.11 Å². The van der Waals surface area contributed by atoms with Gasteiger partial charge in [-0.15, -0.1) is 0 Å². The molecule has 3 aromatic rings. The zero-order valence-electron chi connectivity index (χ0n) is 19.5.